The van der Waals surface area contributed by atoms with E-state index >= 15 is 0 Å². The molecule has 3 unspecified atom stereocenters. The number of urea groups is 1. The fourth-order valence-electron chi connectivity index (χ4n) is 5.07. The van der Waals surface area contributed by atoms with Gasteiger partial charge in [0, 0.05) is 17.6 Å². The average molecular weight is 439 g/mol. The van der Waals surface area contributed by atoms with Crippen molar-refractivity contribution in [2.24, 2.45) is 5.92 Å². The van der Waals surface area contributed by atoms with Crippen molar-refractivity contribution in [2.45, 2.75) is 58.0 Å². The zero-order valence-electron chi connectivity index (χ0n) is 17.6. The third-order valence-corrected chi connectivity index (χ3v) is 7.10. The van der Waals surface area contributed by atoms with Crippen LogP contribution in [-0.2, 0) is 17.9 Å². The minimum Gasteiger partial charge on any atom is -0.303 e. The van der Waals surface area contributed by atoms with Crippen LogP contribution in [0, 0.1) is 12.8 Å². The second-order valence-electron chi connectivity index (χ2n) is 8.78. The zero-order valence-corrected chi connectivity index (χ0v) is 18.4. The van der Waals surface area contributed by atoms with Crippen LogP contribution in [0.25, 0.3) is 0 Å². The number of hydrogen-bond acceptors (Lipinski definition) is 3. The van der Waals surface area contributed by atoms with Gasteiger partial charge < -0.3 is 4.90 Å². The van der Waals surface area contributed by atoms with Crippen LogP contribution in [-0.4, -0.2) is 39.1 Å². The first-order valence-corrected chi connectivity index (χ1v) is 11.4. The first kappa shape index (κ1) is 20.3. The summed E-state index contributed by atoms with van der Waals surface area (Å²) in [6, 6.07) is 15.6. The van der Waals surface area contributed by atoms with E-state index in [1.807, 2.05) is 41.0 Å². The Hall–Kier alpha value is -2.57. The highest BCUT2D eigenvalue weighted by Gasteiger charge is 2.54. The fraction of sp³-hybridized carbons (Fsp3) is 0.417. The molecule has 2 aromatic carbocycles. The smallest absolute Gasteiger partial charge is 0.303 e. The number of hydrazine groups is 1. The molecule has 3 fully saturated rings. The highest BCUT2D eigenvalue weighted by molar-refractivity contribution is 6.31. The Morgan fingerprint density at radius 2 is 1.74 bits per heavy atom. The quantitative estimate of drug-likeness (QED) is 0.775. The number of carbonyl (C=O) groups excluding carboxylic acids is 2. The van der Waals surface area contributed by atoms with Crippen molar-refractivity contribution in [1.82, 2.24) is 20.2 Å². The van der Waals surface area contributed by atoms with Gasteiger partial charge in [-0.25, -0.2) is 4.79 Å². The van der Waals surface area contributed by atoms with E-state index in [9.17, 15) is 9.59 Å². The Kier molecular flexibility index (Phi) is 5.36. The lowest BCUT2D eigenvalue weighted by Crippen LogP contribution is -2.65. The van der Waals surface area contributed by atoms with Gasteiger partial charge in [0.1, 0.15) is 0 Å². The maximum atomic E-state index is 13.5. The number of amides is 3. The minimum absolute atomic E-state index is 0.0447. The van der Waals surface area contributed by atoms with E-state index in [4.69, 9.17) is 11.6 Å². The molecule has 2 heterocycles. The molecule has 31 heavy (non-hydrogen) atoms. The summed E-state index contributed by atoms with van der Waals surface area (Å²) in [4.78, 5) is 30.7. The number of benzene rings is 2. The van der Waals surface area contributed by atoms with E-state index in [0.29, 0.717) is 18.1 Å². The SMILES string of the molecule is Cc1ccc(CN2C(=O)C3CCCCC3N3C(=O)N(Cc4ccccc4Cl)NC23)cc1. The molecule has 2 aromatic rings. The van der Waals surface area contributed by atoms with Crippen LogP contribution in [0.5, 0.6) is 0 Å². The van der Waals surface area contributed by atoms with Crippen molar-refractivity contribution < 1.29 is 9.59 Å². The van der Waals surface area contributed by atoms with E-state index in [1.54, 1.807) is 5.01 Å². The summed E-state index contributed by atoms with van der Waals surface area (Å²) in [5.41, 5.74) is 6.44. The number of nitrogens with one attached hydrogen (secondary N) is 1. The van der Waals surface area contributed by atoms with Crippen molar-refractivity contribution in [3.05, 3.63) is 70.2 Å². The van der Waals surface area contributed by atoms with E-state index in [2.05, 4.69) is 29.7 Å². The molecule has 6 nitrogen and oxygen atoms in total. The summed E-state index contributed by atoms with van der Waals surface area (Å²) < 4.78 is 0. The van der Waals surface area contributed by atoms with Crippen LogP contribution < -0.4 is 5.43 Å². The van der Waals surface area contributed by atoms with Gasteiger partial charge in [-0.2, -0.15) is 5.43 Å². The Labute approximate surface area is 187 Å². The molecule has 3 amide bonds. The first-order valence-electron chi connectivity index (χ1n) is 11.0. The normalized spacial score (nSPS) is 25.6. The summed E-state index contributed by atoms with van der Waals surface area (Å²) in [6.45, 7) is 2.88. The van der Waals surface area contributed by atoms with Crippen LogP contribution >= 0.6 is 11.6 Å². The van der Waals surface area contributed by atoms with Crippen LogP contribution in [0.1, 0.15) is 42.4 Å². The number of halogens is 1. The summed E-state index contributed by atoms with van der Waals surface area (Å²) in [5, 5.41) is 2.24. The molecule has 3 atom stereocenters. The number of nitrogens with zero attached hydrogens (tertiary/aromatic N) is 3. The lowest BCUT2D eigenvalue weighted by molar-refractivity contribution is -0.157. The molecule has 2 saturated heterocycles. The van der Waals surface area contributed by atoms with Gasteiger partial charge in [-0.3, -0.25) is 14.7 Å². The van der Waals surface area contributed by atoms with Crippen LogP contribution in [0.2, 0.25) is 5.02 Å². The molecule has 0 bridgehead atoms. The van der Waals surface area contributed by atoms with Crippen molar-refractivity contribution in [3.8, 4) is 0 Å². The maximum Gasteiger partial charge on any atom is 0.337 e. The molecule has 1 N–H and O–H groups in total. The largest absolute Gasteiger partial charge is 0.337 e. The molecule has 0 aromatic heterocycles. The average Bonchev–Trinajstić information content (AvgIpc) is 3.10. The van der Waals surface area contributed by atoms with Gasteiger partial charge in [-0.05, 0) is 37.0 Å². The van der Waals surface area contributed by atoms with Crippen molar-refractivity contribution in [2.75, 3.05) is 0 Å². The second kappa shape index (κ2) is 8.17. The molecule has 0 spiro atoms. The van der Waals surface area contributed by atoms with Gasteiger partial charge in [0.2, 0.25) is 5.91 Å². The Morgan fingerprint density at radius 3 is 2.52 bits per heavy atom. The zero-order chi connectivity index (χ0) is 21.5. The van der Waals surface area contributed by atoms with Gasteiger partial charge in [0.05, 0.1) is 12.5 Å². The lowest BCUT2D eigenvalue weighted by atomic mass is 9.81. The van der Waals surface area contributed by atoms with Crippen molar-refractivity contribution in [3.63, 3.8) is 0 Å². The molecule has 1 aliphatic carbocycles. The molecular weight excluding hydrogens is 412 g/mol. The number of rotatable bonds is 4. The van der Waals surface area contributed by atoms with Gasteiger partial charge in [0.25, 0.3) is 0 Å². The fourth-order valence-corrected chi connectivity index (χ4v) is 5.27. The predicted molar refractivity (Wildman–Crippen MR) is 119 cm³/mol. The molecule has 5 rings (SSSR count). The van der Waals surface area contributed by atoms with Crippen molar-refractivity contribution in [1.29, 1.82) is 0 Å². The summed E-state index contributed by atoms with van der Waals surface area (Å²) in [7, 11) is 0. The third kappa shape index (κ3) is 3.68. The van der Waals surface area contributed by atoms with Crippen LogP contribution in [0.4, 0.5) is 4.79 Å². The molecular formula is C24H27ClN4O2. The van der Waals surface area contributed by atoms with E-state index < -0.39 is 6.29 Å². The predicted octanol–water partition coefficient (Wildman–Crippen LogP) is 4.28. The van der Waals surface area contributed by atoms with Crippen molar-refractivity contribution >= 4 is 23.5 Å². The van der Waals surface area contributed by atoms with E-state index in [-0.39, 0.29) is 23.9 Å². The Bertz CT molecular complexity index is 995. The van der Waals surface area contributed by atoms with Gasteiger partial charge in [-0.15, -0.1) is 0 Å². The minimum atomic E-state index is -0.469. The topological polar surface area (TPSA) is 55.9 Å². The lowest BCUT2D eigenvalue weighted by Gasteiger charge is -2.48. The number of hydrogen-bond donors (Lipinski definition) is 1. The number of aryl methyl sites for hydroxylation is 1. The molecule has 162 valence electrons. The van der Waals surface area contributed by atoms with Crippen LogP contribution in [0.3, 0.4) is 0 Å². The highest BCUT2D eigenvalue weighted by Crippen LogP contribution is 2.39. The van der Waals surface area contributed by atoms with Gasteiger partial charge >= 0.3 is 6.03 Å². The standard InChI is InChI=1S/C24H27ClN4O2/c1-16-10-12-17(13-11-16)14-27-22(30)19-7-3-5-9-21(19)29-23(27)26-28(24(29)31)15-18-6-2-4-8-20(18)25/h2,4,6,8,10-13,19,21,23,26H,3,5,7,9,14-15H2,1H3. The summed E-state index contributed by atoms with van der Waals surface area (Å²) in [6.07, 6.45) is 3.33. The first-order chi connectivity index (χ1) is 15.0. The molecule has 1 saturated carbocycles. The maximum absolute atomic E-state index is 13.5. The summed E-state index contributed by atoms with van der Waals surface area (Å²) >= 11 is 6.34. The Balaban J connectivity index is 1.45. The third-order valence-electron chi connectivity index (χ3n) is 6.73. The number of carbonyl (C=O) groups is 2. The second-order valence-corrected chi connectivity index (χ2v) is 9.19. The van der Waals surface area contributed by atoms with E-state index in [0.717, 1.165) is 36.8 Å². The van der Waals surface area contributed by atoms with Crippen LogP contribution in [0.15, 0.2) is 48.5 Å². The summed E-state index contributed by atoms with van der Waals surface area (Å²) in [5.74, 6) is 0.0212. The monoisotopic (exact) mass is 438 g/mol. The van der Waals surface area contributed by atoms with Gasteiger partial charge in [0.15, 0.2) is 6.29 Å². The number of fused-ring (bicyclic) bond motifs is 3. The highest BCUT2D eigenvalue weighted by atomic mass is 35.5. The Morgan fingerprint density at radius 1 is 1.00 bits per heavy atom. The molecule has 2 aliphatic heterocycles. The molecule has 3 aliphatic rings. The molecule has 0 radical (unpaired) electrons. The molecule has 7 heteroatoms. The van der Waals surface area contributed by atoms with Gasteiger partial charge in [-0.1, -0.05) is 72.5 Å². The van der Waals surface area contributed by atoms with E-state index in [1.165, 1.54) is 5.56 Å².